The second kappa shape index (κ2) is 17.8. The van der Waals surface area contributed by atoms with Crippen molar-refractivity contribution in [3.05, 3.63) is 64.7 Å². The third-order valence-corrected chi connectivity index (χ3v) is 8.06. The molecule has 9 nitrogen and oxygen atoms in total. The molecule has 44 heavy (non-hydrogen) atoms. The maximum absolute atomic E-state index is 13.5. The molecule has 2 aromatic rings. The Morgan fingerprint density at radius 1 is 0.977 bits per heavy atom. The minimum Gasteiger partial charge on any atom is -0.464 e. The number of carbonyl (C=O) groups is 3. The third-order valence-electron chi connectivity index (χ3n) is 7.37. The van der Waals surface area contributed by atoms with E-state index in [9.17, 15) is 14.4 Å². The van der Waals surface area contributed by atoms with E-state index in [1.807, 2.05) is 56.9 Å². The maximum atomic E-state index is 13.5. The molecule has 1 aliphatic heterocycles. The molecule has 2 N–H and O–H groups in total. The number of ether oxygens (including phenoxy) is 2. The van der Waals surface area contributed by atoms with Crippen molar-refractivity contribution >= 4 is 47.7 Å². The van der Waals surface area contributed by atoms with Crippen molar-refractivity contribution in [2.75, 3.05) is 57.4 Å². The average molecular weight is 647 g/mol. The largest absolute Gasteiger partial charge is 0.464 e. The predicted molar refractivity (Wildman–Crippen MR) is 179 cm³/mol. The highest BCUT2D eigenvalue weighted by molar-refractivity contribution is 7.81. The normalized spacial score (nSPS) is 15.3. The summed E-state index contributed by atoms with van der Waals surface area (Å²) in [5, 5.41) is -0.0897. The summed E-state index contributed by atoms with van der Waals surface area (Å²) in [6.07, 6.45) is 0.967. The number of halogens is 1. The zero-order chi connectivity index (χ0) is 32.2. The Hall–Kier alpha value is -2.63. The van der Waals surface area contributed by atoms with Crippen LogP contribution in [0.3, 0.4) is 0 Å². The lowest BCUT2D eigenvalue weighted by Crippen LogP contribution is -2.49. The Kier molecular flexibility index (Phi) is 14.5. The van der Waals surface area contributed by atoms with Gasteiger partial charge in [-0.1, -0.05) is 37.6 Å². The van der Waals surface area contributed by atoms with Crippen LogP contribution in [-0.4, -0.2) is 97.5 Å². The van der Waals surface area contributed by atoms with Crippen molar-refractivity contribution in [2.24, 2.45) is 11.7 Å². The fourth-order valence-electron chi connectivity index (χ4n) is 4.80. The first-order valence-electron chi connectivity index (χ1n) is 15.3. The molecule has 11 heteroatoms. The number of esters is 1. The van der Waals surface area contributed by atoms with E-state index in [0.717, 1.165) is 31.1 Å². The van der Waals surface area contributed by atoms with Crippen molar-refractivity contribution in [3.8, 4) is 0 Å². The monoisotopic (exact) mass is 646 g/mol. The quantitative estimate of drug-likeness (QED) is 0.219. The summed E-state index contributed by atoms with van der Waals surface area (Å²) in [5.74, 6) is -0.707. The molecular formula is C33H47ClN4O5S. The number of rotatable bonds is 15. The summed E-state index contributed by atoms with van der Waals surface area (Å²) in [5.41, 5.74) is 8.45. The Morgan fingerprint density at radius 2 is 1.61 bits per heavy atom. The van der Waals surface area contributed by atoms with Crippen LogP contribution in [0.2, 0.25) is 5.02 Å². The molecule has 1 heterocycles. The number of nitrogens with zero attached hydrogens (tertiary/aromatic N) is 3. The van der Waals surface area contributed by atoms with E-state index < -0.39 is 17.3 Å². The topological polar surface area (TPSA) is 105 Å². The summed E-state index contributed by atoms with van der Waals surface area (Å²) in [4.78, 5) is 44.9. The van der Waals surface area contributed by atoms with Gasteiger partial charge >= 0.3 is 5.97 Å². The van der Waals surface area contributed by atoms with Gasteiger partial charge in [-0.2, -0.15) is 12.6 Å². The third kappa shape index (κ3) is 11.4. The molecule has 1 unspecified atom stereocenters. The molecule has 1 aliphatic rings. The zero-order valence-electron chi connectivity index (χ0n) is 26.3. The van der Waals surface area contributed by atoms with Gasteiger partial charge in [0.2, 0.25) is 5.91 Å². The molecule has 1 saturated heterocycles. The van der Waals surface area contributed by atoms with Gasteiger partial charge in [-0.3, -0.25) is 19.3 Å². The average Bonchev–Trinajstić information content (AvgIpc) is 3.01. The number of hydrogen-bond acceptors (Lipinski definition) is 8. The van der Waals surface area contributed by atoms with Gasteiger partial charge in [0.25, 0.3) is 5.91 Å². The summed E-state index contributed by atoms with van der Waals surface area (Å²) < 4.78 is 10.9. The van der Waals surface area contributed by atoms with Gasteiger partial charge in [-0.05, 0) is 74.6 Å². The van der Waals surface area contributed by atoms with Crippen LogP contribution >= 0.6 is 24.2 Å². The molecule has 0 saturated carbocycles. The van der Waals surface area contributed by atoms with Crippen molar-refractivity contribution in [2.45, 2.75) is 57.9 Å². The molecule has 0 aromatic heterocycles. The summed E-state index contributed by atoms with van der Waals surface area (Å²) in [7, 11) is 0. The molecule has 242 valence electrons. The predicted octanol–water partition coefficient (Wildman–Crippen LogP) is 4.31. The smallest absolute Gasteiger partial charge is 0.322 e. The first-order chi connectivity index (χ1) is 20.9. The first-order valence-corrected chi connectivity index (χ1v) is 16.2. The standard InChI is InChI=1S/C33H47ClN4O5S/c1-23(2)22-43-33(41)29(35)21-30(44)32(40)38(19-20-42-24(3)4)28-11-7-26(8-12-28)31(39)37-17-15-36(16-18-37)14-13-25-5-9-27(34)10-6-25/h5-12,23-24,29-30,44H,13-22,35H2,1-4H3/t29?,30-/m1/s1. The van der Waals surface area contributed by atoms with Crippen LogP contribution < -0.4 is 10.6 Å². The summed E-state index contributed by atoms with van der Waals surface area (Å²) in [6, 6.07) is 14.0. The van der Waals surface area contributed by atoms with E-state index in [2.05, 4.69) is 17.5 Å². The highest BCUT2D eigenvalue weighted by atomic mass is 35.5. The fourth-order valence-corrected chi connectivity index (χ4v) is 5.29. The summed E-state index contributed by atoms with van der Waals surface area (Å²) in [6.45, 7) is 12.4. The van der Waals surface area contributed by atoms with Crippen LogP contribution in [0, 0.1) is 5.92 Å². The molecule has 0 spiro atoms. The molecule has 2 atom stereocenters. The second-order valence-corrected chi connectivity index (χ2v) is 12.9. The van der Waals surface area contributed by atoms with Gasteiger partial charge in [0.05, 0.1) is 24.6 Å². The van der Waals surface area contributed by atoms with Crippen molar-refractivity contribution < 1.29 is 23.9 Å². The molecule has 0 aliphatic carbocycles. The van der Waals surface area contributed by atoms with Gasteiger partial charge in [0.15, 0.2) is 0 Å². The summed E-state index contributed by atoms with van der Waals surface area (Å²) >= 11 is 10.5. The number of amides is 2. The lowest BCUT2D eigenvalue weighted by atomic mass is 10.1. The molecule has 0 bridgehead atoms. The van der Waals surface area contributed by atoms with Gasteiger partial charge in [-0.25, -0.2) is 0 Å². The zero-order valence-corrected chi connectivity index (χ0v) is 27.9. The number of nitrogens with two attached hydrogens (primary N) is 1. The van der Waals surface area contributed by atoms with E-state index in [1.54, 1.807) is 29.2 Å². The maximum Gasteiger partial charge on any atom is 0.322 e. The van der Waals surface area contributed by atoms with Crippen LogP contribution in [0.25, 0.3) is 0 Å². The van der Waals surface area contributed by atoms with Crippen molar-refractivity contribution in [1.82, 2.24) is 9.80 Å². The molecule has 0 radical (unpaired) electrons. The molecule has 1 fully saturated rings. The van der Waals surface area contributed by atoms with Gasteiger partial charge in [-0.15, -0.1) is 0 Å². The van der Waals surface area contributed by atoms with Crippen LogP contribution in [0.5, 0.6) is 0 Å². The van der Waals surface area contributed by atoms with E-state index in [-0.39, 0.29) is 43.4 Å². The second-order valence-electron chi connectivity index (χ2n) is 11.8. The van der Waals surface area contributed by atoms with Crippen LogP contribution in [0.1, 0.15) is 50.0 Å². The van der Waals surface area contributed by atoms with E-state index in [0.29, 0.717) is 30.9 Å². The SMILES string of the molecule is CC(C)COC(=O)C(N)C[C@@H](S)C(=O)N(CCOC(C)C)c1ccc(C(=O)N2CCN(CCc3ccc(Cl)cc3)CC2)cc1. The van der Waals surface area contributed by atoms with Gasteiger partial charge in [0.1, 0.15) is 6.04 Å². The van der Waals surface area contributed by atoms with E-state index in [4.69, 9.17) is 26.8 Å². The first kappa shape index (κ1) is 35.8. The highest BCUT2D eigenvalue weighted by Crippen LogP contribution is 2.21. The van der Waals surface area contributed by atoms with E-state index >= 15 is 0 Å². The Balaban J connectivity index is 1.59. The number of anilines is 1. The number of carbonyl (C=O) groups excluding carboxylic acids is 3. The Labute approximate surface area is 272 Å². The van der Waals surface area contributed by atoms with Crippen LogP contribution in [0.15, 0.2) is 48.5 Å². The minimum absolute atomic E-state index is 0.000741. The van der Waals surface area contributed by atoms with E-state index in [1.165, 1.54) is 5.56 Å². The fraction of sp³-hybridized carbons (Fsp3) is 0.545. The van der Waals surface area contributed by atoms with Gasteiger partial charge in [0, 0.05) is 55.5 Å². The molecule has 3 rings (SSSR count). The lowest BCUT2D eigenvalue weighted by molar-refractivity contribution is -0.146. The molecule has 2 amide bonds. The van der Waals surface area contributed by atoms with Gasteiger partial charge < -0.3 is 25.0 Å². The molecular weight excluding hydrogens is 600 g/mol. The Morgan fingerprint density at radius 3 is 2.20 bits per heavy atom. The van der Waals surface area contributed by atoms with Crippen LogP contribution in [0.4, 0.5) is 5.69 Å². The number of piperazine rings is 1. The highest BCUT2D eigenvalue weighted by Gasteiger charge is 2.28. The molecule has 2 aromatic carbocycles. The number of benzene rings is 2. The lowest BCUT2D eigenvalue weighted by Gasteiger charge is -2.35. The minimum atomic E-state index is -0.966. The van der Waals surface area contributed by atoms with Crippen molar-refractivity contribution in [3.63, 3.8) is 0 Å². The Bertz CT molecular complexity index is 1200. The van der Waals surface area contributed by atoms with Crippen LogP contribution in [-0.2, 0) is 25.5 Å². The number of hydrogen-bond donors (Lipinski definition) is 2. The number of thiol groups is 1. The van der Waals surface area contributed by atoms with Crippen molar-refractivity contribution in [1.29, 1.82) is 0 Å².